The van der Waals surface area contributed by atoms with Crippen molar-refractivity contribution in [2.75, 3.05) is 4.90 Å². The minimum absolute atomic E-state index is 0.113. The predicted octanol–water partition coefficient (Wildman–Crippen LogP) is 9.52. The Balaban J connectivity index is 1.50. The Hall–Kier alpha value is -6.04. The number of nitriles is 2. The van der Waals surface area contributed by atoms with Crippen molar-refractivity contribution >= 4 is 17.1 Å². The topological polar surface area (TPSA) is 50.8 Å². The fourth-order valence-electron chi connectivity index (χ4n) is 7.24. The third kappa shape index (κ3) is 3.38. The highest BCUT2D eigenvalue weighted by molar-refractivity contribution is 6.01. The highest BCUT2D eigenvalue weighted by atomic mass is 19.1. The molecule has 0 bridgehead atoms. The summed E-state index contributed by atoms with van der Waals surface area (Å²) in [5.74, 6) is -1.25. The minimum Gasteiger partial charge on any atom is -0.307 e. The van der Waals surface area contributed by atoms with Crippen LogP contribution < -0.4 is 4.90 Å². The van der Waals surface area contributed by atoms with Gasteiger partial charge in [-0.1, -0.05) is 84.9 Å². The Morgan fingerprint density at radius 2 is 1.11 bits per heavy atom. The van der Waals surface area contributed by atoms with E-state index in [0.29, 0.717) is 11.4 Å². The second kappa shape index (κ2) is 9.49. The Morgan fingerprint density at radius 1 is 0.523 bits per heavy atom. The quantitative estimate of drug-likeness (QED) is 0.213. The van der Waals surface area contributed by atoms with Crippen LogP contribution in [0.5, 0.6) is 0 Å². The molecule has 2 aliphatic carbocycles. The number of nitrogens with zero attached hydrogens (tertiary/aromatic N) is 3. The number of hydrogen-bond donors (Lipinski definition) is 0. The van der Waals surface area contributed by atoms with Crippen LogP contribution in [0.3, 0.4) is 0 Å². The van der Waals surface area contributed by atoms with Gasteiger partial charge >= 0.3 is 0 Å². The lowest BCUT2D eigenvalue weighted by molar-refractivity contribution is 0.624. The van der Waals surface area contributed by atoms with E-state index in [4.69, 9.17) is 0 Å². The van der Waals surface area contributed by atoms with E-state index in [9.17, 15) is 14.9 Å². The molecular weight excluding hydrogens is 548 g/mol. The average molecular weight is 570 g/mol. The lowest BCUT2D eigenvalue weighted by Crippen LogP contribution is -2.26. The van der Waals surface area contributed by atoms with Gasteiger partial charge in [0.05, 0.1) is 45.7 Å². The van der Waals surface area contributed by atoms with Gasteiger partial charge in [-0.25, -0.2) is 8.78 Å². The van der Waals surface area contributed by atoms with Gasteiger partial charge in [0.25, 0.3) is 0 Å². The maximum Gasteiger partial charge on any atom is 0.148 e. The zero-order valence-electron chi connectivity index (χ0n) is 23.2. The molecule has 0 aromatic heterocycles. The second-order valence-electron chi connectivity index (χ2n) is 11.0. The molecule has 0 aliphatic heterocycles. The molecular formula is C39H21F2N3. The fourth-order valence-corrected chi connectivity index (χ4v) is 7.24. The van der Waals surface area contributed by atoms with Gasteiger partial charge in [0.15, 0.2) is 0 Å². The first-order valence-electron chi connectivity index (χ1n) is 14.2. The van der Waals surface area contributed by atoms with Crippen molar-refractivity contribution in [3.63, 3.8) is 0 Å². The van der Waals surface area contributed by atoms with E-state index < -0.39 is 17.0 Å². The van der Waals surface area contributed by atoms with Crippen LogP contribution in [0.1, 0.15) is 33.4 Å². The minimum atomic E-state index is -0.637. The monoisotopic (exact) mass is 569 g/mol. The molecule has 3 nitrogen and oxygen atoms in total. The summed E-state index contributed by atoms with van der Waals surface area (Å²) in [5.41, 5.74) is 9.40. The first-order chi connectivity index (χ1) is 21.6. The third-order valence-electron chi connectivity index (χ3n) is 8.83. The summed E-state index contributed by atoms with van der Waals surface area (Å²) in [6.45, 7) is 0. The van der Waals surface area contributed by atoms with Gasteiger partial charge < -0.3 is 4.90 Å². The Labute approximate surface area is 253 Å². The van der Waals surface area contributed by atoms with Gasteiger partial charge in [0, 0.05) is 5.56 Å². The fraction of sp³-hybridized carbons (Fsp3) is 0.0256. The van der Waals surface area contributed by atoms with Crippen molar-refractivity contribution in [1.82, 2.24) is 0 Å². The molecule has 2 aliphatic rings. The normalized spacial score (nSPS) is 12.9. The van der Waals surface area contributed by atoms with Crippen LogP contribution in [0.15, 0.2) is 127 Å². The van der Waals surface area contributed by atoms with Crippen molar-refractivity contribution in [2.24, 2.45) is 0 Å². The number of anilines is 3. The summed E-state index contributed by atoms with van der Waals surface area (Å²) in [6, 6.07) is 43.4. The molecule has 0 heterocycles. The zero-order chi connectivity index (χ0) is 30.0. The van der Waals surface area contributed by atoms with E-state index in [1.54, 1.807) is 11.0 Å². The highest BCUT2D eigenvalue weighted by Crippen LogP contribution is 2.64. The number of fused-ring (bicyclic) bond motifs is 10. The van der Waals surface area contributed by atoms with Gasteiger partial charge in [0.1, 0.15) is 11.6 Å². The van der Waals surface area contributed by atoms with Crippen molar-refractivity contribution < 1.29 is 8.78 Å². The van der Waals surface area contributed by atoms with Crippen molar-refractivity contribution in [3.05, 3.63) is 172 Å². The Bertz CT molecular complexity index is 2210. The molecule has 0 saturated carbocycles. The summed E-state index contributed by atoms with van der Waals surface area (Å²) in [7, 11) is 0. The molecule has 0 amide bonds. The number of halogens is 2. The van der Waals surface area contributed by atoms with Crippen molar-refractivity contribution in [3.8, 4) is 34.4 Å². The Morgan fingerprint density at radius 3 is 1.75 bits per heavy atom. The lowest BCUT2D eigenvalue weighted by Gasteiger charge is -2.32. The molecule has 0 radical (unpaired) electrons. The molecule has 0 unspecified atom stereocenters. The smallest absolute Gasteiger partial charge is 0.148 e. The van der Waals surface area contributed by atoms with E-state index in [1.807, 2.05) is 36.4 Å². The van der Waals surface area contributed by atoms with E-state index in [2.05, 4.69) is 66.7 Å². The average Bonchev–Trinajstić information content (AvgIpc) is 3.53. The molecule has 0 fully saturated rings. The van der Waals surface area contributed by atoms with Crippen LogP contribution in [0.2, 0.25) is 0 Å². The van der Waals surface area contributed by atoms with Crippen molar-refractivity contribution in [1.29, 1.82) is 10.5 Å². The van der Waals surface area contributed by atoms with Gasteiger partial charge in [-0.15, -0.1) is 0 Å². The molecule has 44 heavy (non-hydrogen) atoms. The molecule has 1 spiro atoms. The zero-order valence-corrected chi connectivity index (χ0v) is 23.2. The van der Waals surface area contributed by atoms with Crippen LogP contribution in [-0.2, 0) is 5.41 Å². The summed E-state index contributed by atoms with van der Waals surface area (Å²) in [4.78, 5) is 1.65. The van der Waals surface area contributed by atoms with Gasteiger partial charge in [-0.05, 0) is 81.4 Å². The first-order valence-corrected chi connectivity index (χ1v) is 14.2. The van der Waals surface area contributed by atoms with Crippen LogP contribution in [0.25, 0.3) is 22.3 Å². The second-order valence-corrected chi connectivity index (χ2v) is 11.0. The van der Waals surface area contributed by atoms with Crippen molar-refractivity contribution in [2.45, 2.75) is 5.41 Å². The van der Waals surface area contributed by atoms with E-state index >= 15 is 4.39 Å². The van der Waals surface area contributed by atoms with Crippen LogP contribution in [0.4, 0.5) is 25.8 Å². The van der Waals surface area contributed by atoms with Crippen LogP contribution >= 0.6 is 0 Å². The maximum absolute atomic E-state index is 15.9. The van der Waals surface area contributed by atoms with Gasteiger partial charge in [0.2, 0.25) is 0 Å². The predicted molar refractivity (Wildman–Crippen MR) is 167 cm³/mol. The molecule has 0 N–H and O–H groups in total. The first kappa shape index (κ1) is 25.7. The van der Waals surface area contributed by atoms with Gasteiger partial charge in [-0.3, -0.25) is 0 Å². The molecule has 6 aromatic rings. The number of rotatable bonds is 3. The molecule has 0 atom stereocenters. The lowest BCUT2D eigenvalue weighted by atomic mass is 9.70. The molecule has 0 saturated heterocycles. The van der Waals surface area contributed by atoms with E-state index in [-0.39, 0.29) is 16.8 Å². The standard InChI is InChI=1S/C39H21F2N3/c40-26-18-25(23-43)19-27(21-26)44(36-17-16-24(22-42)20-35(36)41)37-15-7-14-34-38(37)30-10-3-6-13-33(30)39(34)31-11-4-1-8-28(31)29-9-2-5-12-32(29)39/h1-21H. The largest absolute Gasteiger partial charge is 0.307 e. The van der Waals surface area contributed by atoms with Crippen LogP contribution in [-0.4, -0.2) is 0 Å². The summed E-state index contributed by atoms with van der Waals surface area (Å²) >= 11 is 0. The molecule has 5 heteroatoms. The molecule has 6 aromatic carbocycles. The van der Waals surface area contributed by atoms with Gasteiger partial charge in [-0.2, -0.15) is 10.5 Å². The van der Waals surface area contributed by atoms with E-state index in [0.717, 1.165) is 50.6 Å². The number of benzene rings is 6. The highest BCUT2D eigenvalue weighted by Gasteiger charge is 2.52. The Kier molecular flexibility index (Phi) is 5.53. The SMILES string of the molecule is N#Cc1cc(F)cc(N(c2ccc(C#N)cc2F)c2cccc3c2-c2ccccc2C32c3ccccc3-c3ccccc32)c1. The summed E-state index contributed by atoms with van der Waals surface area (Å²) in [6.07, 6.45) is 0. The number of hydrogen-bond acceptors (Lipinski definition) is 3. The van der Waals surface area contributed by atoms with Crippen LogP contribution in [0, 0.1) is 34.3 Å². The summed E-state index contributed by atoms with van der Waals surface area (Å²) < 4.78 is 30.9. The summed E-state index contributed by atoms with van der Waals surface area (Å²) in [5, 5.41) is 19.1. The maximum atomic E-state index is 15.9. The molecule has 8 rings (SSSR count). The molecule has 206 valence electrons. The van der Waals surface area contributed by atoms with E-state index in [1.165, 1.54) is 24.3 Å². The third-order valence-corrected chi connectivity index (χ3v) is 8.83.